The van der Waals surface area contributed by atoms with Crippen LogP contribution in [0.1, 0.15) is 17.3 Å². The first-order valence-corrected chi connectivity index (χ1v) is 5.30. The van der Waals surface area contributed by atoms with E-state index in [2.05, 4.69) is 10.1 Å². The van der Waals surface area contributed by atoms with E-state index in [1.807, 2.05) is 6.92 Å². The molecule has 0 unspecified atom stereocenters. The van der Waals surface area contributed by atoms with E-state index in [1.165, 1.54) is 12.0 Å². The van der Waals surface area contributed by atoms with Crippen LogP contribution in [0.5, 0.6) is 0 Å². The Morgan fingerprint density at radius 3 is 2.59 bits per heavy atom. The maximum atomic E-state index is 11.7. The summed E-state index contributed by atoms with van der Waals surface area (Å²) in [5.41, 5.74) is 0.883. The molecule has 1 N–H and O–H groups in total. The third kappa shape index (κ3) is 2.96. The van der Waals surface area contributed by atoms with Gasteiger partial charge < -0.3 is 10.1 Å². The predicted octanol–water partition coefficient (Wildman–Crippen LogP) is 1.64. The van der Waals surface area contributed by atoms with Crippen molar-refractivity contribution in [2.75, 3.05) is 25.6 Å². The van der Waals surface area contributed by atoms with Gasteiger partial charge in [0, 0.05) is 13.6 Å². The van der Waals surface area contributed by atoms with Gasteiger partial charge in [0.25, 0.3) is 0 Å². The van der Waals surface area contributed by atoms with Gasteiger partial charge in [-0.3, -0.25) is 4.90 Å². The van der Waals surface area contributed by atoms with Crippen molar-refractivity contribution in [3.63, 3.8) is 0 Å². The summed E-state index contributed by atoms with van der Waals surface area (Å²) < 4.78 is 4.67. The van der Waals surface area contributed by atoms with E-state index in [1.54, 1.807) is 31.3 Å². The fourth-order valence-electron chi connectivity index (χ4n) is 1.43. The van der Waals surface area contributed by atoms with Crippen molar-refractivity contribution in [2.24, 2.45) is 0 Å². The molecule has 0 saturated heterocycles. The number of urea groups is 1. The van der Waals surface area contributed by atoms with Crippen LogP contribution >= 0.6 is 0 Å². The Morgan fingerprint density at radius 2 is 2.00 bits per heavy atom. The smallest absolute Gasteiger partial charge is 0.339 e. The van der Waals surface area contributed by atoms with Crippen molar-refractivity contribution in [2.45, 2.75) is 6.92 Å². The minimum Gasteiger partial charge on any atom is -0.465 e. The number of anilines is 1. The molecule has 5 nitrogen and oxygen atoms in total. The topological polar surface area (TPSA) is 58.6 Å². The molecule has 1 aromatic carbocycles. The number of carbonyl (C=O) groups excluding carboxylic acids is 2. The molecule has 0 fully saturated rings. The lowest BCUT2D eigenvalue weighted by molar-refractivity contribution is 0.0601. The maximum Gasteiger partial charge on any atom is 0.339 e. The lowest BCUT2D eigenvalue weighted by Crippen LogP contribution is -2.37. The van der Waals surface area contributed by atoms with Crippen LogP contribution in [0.4, 0.5) is 10.5 Å². The summed E-state index contributed by atoms with van der Waals surface area (Å²) >= 11 is 0. The van der Waals surface area contributed by atoms with Gasteiger partial charge in [-0.05, 0) is 19.1 Å². The monoisotopic (exact) mass is 236 g/mol. The minimum absolute atomic E-state index is 0.260. The Balaban J connectivity index is 3.04. The van der Waals surface area contributed by atoms with E-state index < -0.39 is 5.97 Å². The zero-order chi connectivity index (χ0) is 12.8. The molecule has 0 aromatic heterocycles. The van der Waals surface area contributed by atoms with Crippen LogP contribution in [0.25, 0.3) is 0 Å². The second kappa shape index (κ2) is 5.89. The molecule has 0 aliphatic heterocycles. The zero-order valence-corrected chi connectivity index (χ0v) is 10.2. The molecule has 1 rings (SSSR count). The number of amides is 2. The van der Waals surface area contributed by atoms with E-state index in [0.717, 1.165) is 0 Å². The molecule has 0 atom stereocenters. The molecule has 17 heavy (non-hydrogen) atoms. The fourth-order valence-corrected chi connectivity index (χ4v) is 1.43. The number of esters is 1. The number of benzene rings is 1. The van der Waals surface area contributed by atoms with Crippen LogP contribution in [0, 0.1) is 0 Å². The number of hydrogen-bond acceptors (Lipinski definition) is 3. The summed E-state index contributed by atoms with van der Waals surface area (Å²) in [6, 6.07) is 6.54. The number of rotatable bonds is 3. The molecule has 2 amide bonds. The maximum absolute atomic E-state index is 11.7. The van der Waals surface area contributed by atoms with Crippen molar-refractivity contribution < 1.29 is 14.3 Å². The third-order valence-electron chi connectivity index (χ3n) is 2.30. The number of para-hydroxylation sites is 1. The molecule has 0 aliphatic carbocycles. The highest BCUT2D eigenvalue weighted by Gasteiger charge is 2.17. The largest absolute Gasteiger partial charge is 0.465 e. The number of ether oxygens (including phenoxy) is 1. The molecule has 0 aliphatic rings. The lowest BCUT2D eigenvalue weighted by atomic mass is 10.1. The van der Waals surface area contributed by atoms with Crippen molar-refractivity contribution in [3.05, 3.63) is 29.8 Å². The van der Waals surface area contributed by atoms with Gasteiger partial charge in [-0.1, -0.05) is 12.1 Å². The van der Waals surface area contributed by atoms with Crippen molar-refractivity contribution in [1.82, 2.24) is 5.32 Å². The minimum atomic E-state index is -0.461. The summed E-state index contributed by atoms with van der Waals surface area (Å²) in [6.07, 6.45) is 0. The standard InChI is InChI=1S/C12H16N2O3/c1-4-13-12(16)14(2)10-8-6-5-7-9(10)11(15)17-3/h5-8H,4H2,1-3H3,(H,13,16). The molecule has 0 heterocycles. The third-order valence-corrected chi connectivity index (χ3v) is 2.30. The van der Waals surface area contributed by atoms with Crippen LogP contribution in [-0.4, -0.2) is 32.7 Å². The molecular weight excluding hydrogens is 220 g/mol. The van der Waals surface area contributed by atoms with Crippen LogP contribution in [0.3, 0.4) is 0 Å². The van der Waals surface area contributed by atoms with Gasteiger partial charge in [0.2, 0.25) is 0 Å². The molecule has 0 radical (unpaired) electrons. The highest BCUT2D eigenvalue weighted by molar-refractivity contribution is 6.01. The first kappa shape index (κ1) is 13.0. The Bertz CT molecular complexity index is 418. The molecule has 5 heteroatoms. The highest BCUT2D eigenvalue weighted by atomic mass is 16.5. The SMILES string of the molecule is CCNC(=O)N(C)c1ccccc1C(=O)OC. The van der Waals surface area contributed by atoms with E-state index in [0.29, 0.717) is 17.8 Å². The second-order valence-electron chi connectivity index (χ2n) is 3.40. The molecule has 0 saturated carbocycles. The van der Waals surface area contributed by atoms with Crippen LogP contribution in [0.2, 0.25) is 0 Å². The molecule has 0 spiro atoms. The predicted molar refractivity (Wildman–Crippen MR) is 65.3 cm³/mol. The number of carbonyl (C=O) groups is 2. The number of methoxy groups -OCH3 is 1. The Kier molecular flexibility index (Phi) is 4.51. The number of nitrogens with zero attached hydrogens (tertiary/aromatic N) is 1. The van der Waals surface area contributed by atoms with Crippen LogP contribution in [0.15, 0.2) is 24.3 Å². The Labute approximate surface area is 100 Å². The van der Waals surface area contributed by atoms with Crippen molar-refractivity contribution in [1.29, 1.82) is 0 Å². The second-order valence-corrected chi connectivity index (χ2v) is 3.40. The van der Waals surface area contributed by atoms with E-state index in [4.69, 9.17) is 0 Å². The zero-order valence-electron chi connectivity index (χ0n) is 10.2. The first-order valence-electron chi connectivity index (χ1n) is 5.30. The molecular formula is C12H16N2O3. The number of hydrogen-bond donors (Lipinski definition) is 1. The van der Waals surface area contributed by atoms with E-state index >= 15 is 0 Å². The Morgan fingerprint density at radius 1 is 1.35 bits per heavy atom. The van der Waals surface area contributed by atoms with Crippen LogP contribution in [-0.2, 0) is 4.74 Å². The quantitative estimate of drug-likeness (QED) is 0.812. The van der Waals surface area contributed by atoms with Crippen molar-refractivity contribution >= 4 is 17.7 Å². The molecule has 92 valence electrons. The van der Waals surface area contributed by atoms with Gasteiger partial charge in [0.1, 0.15) is 0 Å². The summed E-state index contributed by atoms with van der Waals surface area (Å²) in [4.78, 5) is 24.6. The van der Waals surface area contributed by atoms with E-state index in [9.17, 15) is 9.59 Å². The summed E-state index contributed by atoms with van der Waals surface area (Å²) in [7, 11) is 2.91. The van der Waals surface area contributed by atoms with Gasteiger partial charge in [0.15, 0.2) is 0 Å². The van der Waals surface area contributed by atoms with Crippen molar-refractivity contribution in [3.8, 4) is 0 Å². The Hall–Kier alpha value is -2.04. The first-order chi connectivity index (χ1) is 8.11. The van der Waals surface area contributed by atoms with Gasteiger partial charge in [-0.15, -0.1) is 0 Å². The van der Waals surface area contributed by atoms with E-state index in [-0.39, 0.29) is 6.03 Å². The summed E-state index contributed by atoms with van der Waals surface area (Å²) in [6.45, 7) is 2.36. The average molecular weight is 236 g/mol. The number of nitrogens with one attached hydrogen (secondary N) is 1. The highest BCUT2D eigenvalue weighted by Crippen LogP contribution is 2.19. The van der Waals surface area contributed by atoms with Gasteiger partial charge in [-0.25, -0.2) is 9.59 Å². The summed E-state index contributed by atoms with van der Waals surface area (Å²) in [5.74, 6) is -0.461. The van der Waals surface area contributed by atoms with Gasteiger partial charge >= 0.3 is 12.0 Å². The van der Waals surface area contributed by atoms with Crippen LogP contribution < -0.4 is 10.2 Å². The molecule has 0 bridgehead atoms. The summed E-state index contributed by atoms with van der Waals surface area (Å²) in [5, 5.41) is 2.66. The molecule has 1 aromatic rings. The average Bonchev–Trinajstić information content (AvgIpc) is 2.37. The van der Waals surface area contributed by atoms with Gasteiger partial charge in [0.05, 0.1) is 18.4 Å². The normalized spacial score (nSPS) is 9.59. The lowest BCUT2D eigenvalue weighted by Gasteiger charge is -2.19. The van der Waals surface area contributed by atoms with Gasteiger partial charge in [-0.2, -0.15) is 0 Å². The fraction of sp³-hybridized carbons (Fsp3) is 0.333.